The second kappa shape index (κ2) is 10.3. The molecule has 0 bridgehead atoms. The van der Waals surface area contributed by atoms with E-state index in [1.807, 2.05) is 6.92 Å². The van der Waals surface area contributed by atoms with Gasteiger partial charge in [0.25, 0.3) is 11.6 Å². The fourth-order valence-corrected chi connectivity index (χ4v) is 2.82. The van der Waals surface area contributed by atoms with Crippen molar-refractivity contribution >= 4 is 35.0 Å². The first-order valence-corrected chi connectivity index (χ1v) is 9.48. The molecule has 0 spiro atoms. The Morgan fingerprint density at radius 3 is 2.36 bits per heavy atom. The third kappa shape index (κ3) is 6.58. The number of nitrogens with zero attached hydrogens (tertiary/aromatic N) is 1. The van der Waals surface area contributed by atoms with Crippen LogP contribution in [0.4, 0.5) is 11.4 Å². The van der Waals surface area contributed by atoms with Gasteiger partial charge in [0.1, 0.15) is 5.75 Å². The molecule has 9 heteroatoms. The molecule has 0 radical (unpaired) electrons. The lowest BCUT2D eigenvalue weighted by Crippen LogP contribution is -2.30. The SMILES string of the molecule is CCOc1ccc(NC(=O)[C@H](C)OC(=O)CSc2ccc([N+](=O)[O-])cc2)cc1. The maximum absolute atomic E-state index is 12.1. The Kier molecular flexibility index (Phi) is 7.82. The van der Waals surface area contributed by atoms with E-state index in [9.17, 15) is 19.7 Å². The van der Waals surface area contributed by atoms with Gasteiger partial charge in [-0.2, -0.15) is 0 Å². The molecule has 0 fully saturated rings. The summed E-state index contributed by atoms with van der Waals surface area (Å²) in [5.74, 6) is -0.322. The molecule has 8 nitrogen and oxygen atoms in total. The van der Waals surface area contributed by atoms with Crippen LogP contribution in [0, 0.1) is 10.1 Å². The van der Waals surface area contributed by atoms with Gasteiger partial charge in [0, 0.05) is 22.7 Å². The molecule has 2 rings (SSSR count). The summed E-state index contributed by atoms with van der Waals surface area (Å²) in [6, 6.07) is 12.7. The third-order valence-electron chi connectivity index (χ3n) is 3.51. The Labute approximate surface area is 166 Å². The molecule has 1 amide bonds. The summed E-state index contributed by atoms with van der Waals surface area (Å²) < 4.78 is 10.5. The van der Waals surface area contributed by atoms with E-state index < -0.39 is 22.9 Å². The van der Waals surface area contributed by atoms with Crippen molar-refractivity contribution < 1.29 is 24.0 Å². The summed E-state index contributed by atoms with van der Waals surface area (Å²) in [5.41, 5.74) is 0.545. The minimum atomic E-state index is -0.962. The topological polar surface area (TPSA) is 108 Å². The van der Waals surface area contributed by atoms with E-state index in [2.05, 4.69) is 5.32 Å². The van der Waals surface area contributed by atoms with Crippen molar-refractivity contribution in [3.63, 3.8) is 0 Å². The molecule has 1 N–H and O–H groups in total. The number of carbonyl (C=O) groups is 2. The highest BCUT2D eigenvalue weighted by atomic mass is 32.2. The number of nitrogens with one attached hydrogen (secondary N) is 1. The number of hydrogen-bond acceptors (Lipinski definition) is 7. The van der Waals surface area contributed by atoms with Gasteiger partial charge in [0.15, 0.2) is 6.10 Å². The predicted molar refractivity (Wildman–Crippen MR) is 106 cm³/mol. The quantitative estimate of drug-likeness (QED) is 0.294. The summed E-state index contributed by atoms with van der Waals surface area (Å²) >= 11 is 1.17. The van der Waals surface area contributed by atoms with Crippen LogP contribution in [-0.2, 0) is 14.3 Å². The number of amides is 1. The minimum Gasteiger partial charge on any atom is -0.494 e. The van der Waals surface area contributed by atoms with E-state index in [0.717, 1.165) is 0 Å². The number of esters is 1. The van der Waals surface area contributed by atoms with Gasteiger partial charge >= 0.3 is 5.97 Å². The number of ether oxygens (including phenoxy) is 2. The van der Waals surface area contributed by atoms with Gasteiger partial charge in [0.2, 0.25) is 0 Å². The number of nitro groups is 1. The van der Waals surface area contributed by atoms with Gasteiger partial charge < -0.3 is 14.8 Å². The number of anilines is 1. The van der Waals surface area contributed by atoms with Gasteiger partial charge in [0.05, 0.1) is 17.3 Å². The summed E-state index contributed by atoms with van der Waals surface area (Å²) in [7, 11) is 0. The van der Waals surface area contributed by atoms with Crippen LogP contribution in [0.1, 0.15) is 13.8 Å². The molecule has 0 saturated heterocycles. The highest BCUT2D eigenvalue weighted by Crippen LogP contribution is 2.21. The molecule has 0 aliphatic rings. The summed E-state index contributed by atoms with van der Waals surface area (Å²) in [6.07, 6.45) is -0.962. The van der Waals surface area contributed by atoms with Gasteiger partial charge in [-0.25, -0.2) is 0 Å². The maximum Gasteiger partial charge on any atom is 0.317 e. The summed E-state index contributed by atoms with van der Waals surface area (Å²) in [6.45, 7) is 3.92. The molecule has 2 aromatic carbocycles. The smallest absolute Gasteiger partial charge is 0.317 e. The molecule has 2 aromatic rings. The van der Waals surface area contributed by atoms with Crippen molar-refractivity contribution in [1.82, 2.24) is 0 Å². The lowest BCUT2D eigenvalue weighted by molar-refractivity contribution is -0.384. The van der Waals surface area contributed by atoms with Crippen molar-refractivity contribution in [3.8, 4) is 5.75 Å². The second-order valence-corrected chi connectivity index (χ2v) is 6.67. The Morgan fingerprint density at radius 1 is 1.14 bits per heavy atom. The van der Waals surface area contributed by atoms with Crippen LogP contribution in [0.3, 0.4) is 0 Å². The minimum absolute atomic E-state index is 0.0154. The molecular weight excluding hydrogens is 384 g/mol. The van der Waals surface area contributed by atoms with Crippen molar-refractivity contribution in [2.45, 2.75) is 24.8 Å². The number of non-ortho nitro benzene ring substituents is 1. The number of rotatable bonds is 9. The van der Waals surface area contributed by atoms with Crippen LogP contribution in [0.25, 0.3) is 0 Å². The molecule has 0 heterocycles. The van der Waals surface area contributed by atoms with E-state index in [0.29, 0.717) is 22.9 Å². The monoisotopic (exact) mass is 404 g/mol. The summed E-state index contributed by atoms with van der Waals surface area (Å²) in [4.78, 5) is 34.9. The highest BCUT2D eigenvalue weighted by molar-refractivity contribution is 8.00. The predicted octanol–water partition coefficient (Wildman–Crippen LogP) is 3.66. The summed E-state index contributed by atoms with van der Waals surface area (Å²) in [5, 5.41) is 13.3. The fraction of sp³-hybridized carbons (Fsp3) is 0.263. The van der Waals surface area contributed by atoms with E-state index in [1.54, 1.807) is 36.4 Å². The Hall–Kier alpha value is -3.07. The normalized spacial score (nSPS) is 11.4. The van der Waals surface area contributed by atoms with Gasteiger partial charge in [-0.3, -0.25) is 19.7 Å². The van der Waals surface area contributed by atoms with Gasteiger partial charge in [-0.05, 0) is 50.2 Å². The van der Waals surface area contributed by atoms with E-state index in [4.69, 9.17) is 9.47 Å². The molecule has 148 valence electrons. The molecule has 0 aliphatic heterocycles. The molecule has 0 saturated carbocycles. The van der Waals surface area contributed by atoms with E-state index >= 15 is 0 Å². The van der Waals surface area contributed by atoms with Crippen molar-refractivity contribution in [1.29, 1.82) is 0 Å². The van der Waals surface area contributed by atoms with Crippen LogP contribution in [0.5, 0.6) is 5.75 Å². The van der Waals surface area contributed by atoms with Crippen LogP contribution in [0.15, 0.2) is 53.4 Å². The highest BCUT2D eigenvalue weighted by Gasteiger charge is 2.18. The van der Waals surface area contributed by atoms with Crippen LogP contribution in [-0.4, -0.2) is 35.3 Å². The Morgan fingerprint density at radius 2 is 1.79 bits per heavy atom. The number of nitro benzene ring substituents is 1. The largest absolute Gasteiger partial charge is 0.494 e. The third-order valence-corrected chi connectivity index (χ3v) is 4.50. The van der Waals surface area contributed by atoms with Crippen LogP contribution < -0.4 is 10.1 Å². The lowest BCUT2D eigenvalue weighted by Gasteiger charge is -2.14. The van der Waals surface area contributed by atoms with Crippen LogP contribution >= 0.6 is 11.8 Å². The number of carbonyl (C=O) groups excluding carboxylic acids is 2. The molecule has 0 unspecified atom stereocenters. The van der Waals surface area contributed by atoms with Crippen molar-refractivity contribution in [2.75, 3.05) is 17.7 Å². The average molecular weight is 404 g/mol. The fourth-order valence-electron chi connectivity index (χ4n) is 2.14. The maximum atomic E-state index is 12.1. The zero-order valence-electron chi connectivity index (χ0n) is 15.4. The molecule has 0 aliphatic carbocycles. The number of benzene rings is 2. The first-order valence-electron chi connectivity index (χ1n) is 8.49. The van der Waals surface area contributed by atoms with E-state index in [-0.39, 0.29) is 11.4 Å². The Bertz CT molecular complexity index is 823. The lowest BCUT2D eigenvalue weighted by atomic mass is 10.3. The first-order chi connectivity index (χ1) is 13.4. The van der Waals surface area contributed by atoms with E-state index in [1.165, 1.54) is 30.8 Å². The average Bonchev–Trinajstić information content (AvgIpc) is 2.68. The molecule has 1 atom stereocenters. The zero-order valence-corrected chi connectivity index (χ0v) is 16.2. The molecular formula is C19H20N2O6S. The molecule has 0 aromatic heterocycles. The van der Waals surface area contributed by atoms with Crippen molar-refractivity contribution in [2.24, 2.45) is 0 Å². The second-order valence-electron chi connectivity index (χ2n) is 5.62. The van der Waals surface area contributed by atoms with Gasteiger partial charge in [-0.1, -0.05) is 0 Å². The number of thioether (sulfide) groups is 1. The Balaban J connectivity index is 1.78. The zero-order chi connectivity index (χ0) is 20.5. The first kappa shape index (κ1) is 21.2. The van der Waals surface area contributed by atoms with Crippen LogP contribution in [0.2, 0.25) is 0 Å². The van der Waals surface area contributed by atoms with Crippen molar-refractivity contribution in [3.05, 3.63) is 58.6 Å². The van der Waals surface area contributed by atoms with Gasteiger partial charge in [-0.15, -0.1) is 11.8 Å². The molecule has 28 heavy (non-hydrogen) atoms. The number of hydrogen-bond donors (Lipinski definition) is 1. The standard InChI is InChI=1S/C19H20N2O6S/c1-3-26-16-8-4-14(5-9-16)20-19(23)13(2)27-18(22)12-28-17-10-6-15(7-11-17)21(24)25/h4-11,13H,3,12H2,1-2H3,(H,20,23)/t13-/m0/s1.